The van der Waals surface area contributed by atoms with E-state index >= 15 is 0 Å². The van der Waals surface area contributed by atoms with E-state index in [-0.39, 0.29) is 5.91 Å². The van der Waals surface area contributed by atoms with E-state index in [1.165, 1.54) is 16.8 Å². The Morgan fingerprint density at radius 1 is 1.10 bits per heavy atom. The number of ether oxygens (including phenoxy) is 2. The van der Waals surface area contributed by atoms with Gasteiger partial charge in [0.2, 0.25) is 0 Å². The number of para-hydroxylation sites is 1. The van der Waals surface area contributed by atoms with Crippen molar-refractivity contribution in [3.8, 4) is 28.4 Å². The van der Waals surface area contributed by atoms with Crippen LogP contribution in [0.5, 0.6) is 11.5 Å². The third kappa shape index (κ3) is 3.57. The predicted molar refractivity (Wildman–Crippen MR) is 119 cm³/mol. The lowest BCUT2D eigenvalue weighted by molar-refractivity contribution is -0.123. The summed E-state index contributed by atoms with van der Waals surface area (Å²) in [5, 5.41) is 10.4. The first-order valence-corrected chi connectivity index (χ1v) is 10.7. The molecule has 0 radical (unpaired) electrons. The molecule has 2 aliphatic heterocycles. The largest absolute Gasteiger partial charge is 0.486 e. The van der Waals surface area contributed by atoms with Crippen LogP contribution in [0.1, 0.15) is 5.56 Å². The number of hydrogen-bond acceptors (Lipinski definition) is 7. The first-order chi connectivity index (χ1) is 14.7. The van der Waals surface area contributed by atoms with Gasteiger partial charge in [-0.3, -0.25) is 4.79 Å². The zero-order valence-electron chi connectivity index (χ0n) is 15.7. The monoisotopic (exact) mass is 436 g/mol. The van der Waals surface area contributed by atoms with E-state index in [1.807, 2.05) is 54.7 Å². The second-order valence-corrected chi connectivity index (χ2v) is 8.19. The van der Waals surface area contributed by atoms with E-state index < -0.39 is 0 Å². The highest BCUT2D eigenvalue weighted by Gasteiger charge is 2.26. The molecule has 0 bridgehead atoms. The van der Waals surface area contributed by atoms with Gasteiger partial charge < -0.3 is 9.47 Å². The van der Waals surface area contributed by atoms with Crippen molar-refractivity contribution in [1.82, 2.24) is 14.8 Å². The quantitative estimate of drug-likeness (QED) is 0.461. The number of carbonyl (C=O) groups excluding carboxylic acids is 1. The zero-order chi connectivity index (χ0) is 20.5. The van der Waals surface area contributed by atoms with Gasteiger partial charge in [-0.15, -0.1) is 0 Å². The van der Waals surface area contributed by atoms with Gasteiger partial charge in [-0.05, 0) is 30.3 Å². The summed E-state index contributed by atoms with van der Waals surface area (Å²) < 4.78 is 13.6. The highest BCUT2D eigenvalue weighted by atomic mass is 32.2. The fourth-order valence-corrected chi connectivity index (χ4v) is 4.16. The first kappa shape index (κ1) is 18.8. The summed E-state index contributed by atoms with van der Waals surface area (Å²) >= 11 is 6.52. The van der Waals surface area contributed by atoms with Crippen molar-refractivity contribution in [3.05, 3.63) is 60.3 Å². The molecular formula is C21H16N4O3S2. The molecule has 0 saturated carbocycles. The summed E-state index contributed by atoms with van der Waals surface area (Å²) in [7, 11) is 0. The van der Waals surface area contributed by atoms with Crippen LogP contribution in [0.25, 0.3) is 16.9 Å². The van der Waals surface area contributed by atoms with Crippen LogP contribution in [0, 0.1) is 0 Å². The molecule has 2 aliphatic rings. The van der Waals surface area contributed by atoms with Crippen molar-refractivity contribution < 1.29 is 14.3 Å². The van der Waals surface area contributed by atoms with E-state index in [0.717, 1.165) is 16.8 Å². The van der Waals surface area contributed by atoms with E-state index in [2.05, 4.69) is 5.10 Å². The molecule has 0 unspecified atom stereocenters. The molecule has 1 aromatic heterocycles. The Kier molecular flexibility index (Phi) is 4.97. The second kappa shape index (κ2) is 7.92. The molecule has 9 heteroatoms. The second-order valence-electron chi connectivity index (χ2n) is 6.58. The van der Waals surface area contributed by atoms with Crippen molar-refractivity contribution in [2.45, 2.75) is 0 Å². The van der Waals surface area contributed by atoms with E-state index in [0.29, 0.717) is 40.5 Å². The summed E-state index contributed by atoms with van der Waals surface area (Å²) in [6.07, 6.45) is 3.50. The van der Waals surface area contributed by atoms with Gasteiger partial charge in [0.1, 0.15) is 18.9 Å². The number of amides is 1. The summed E-state index contributed by atoms with van der Waals surface area (Å²) in [4.78, 5) is 12.0. The van der Waals surface area contributed by atoms with Crippen molar-refractivity contribution in [2.24, 2.45) is 5.10 Å². The maximum absolute atomic E-state index is 12.0. The lowest BCUT2D eigenvalue weighted by atomic mass is 10.1. The Morgan fingerprint density at radius 3 is 2.67 bits per heavy atom. The van der Waals surface area contributed by atoms with Crippen LogP contribution in [0.2, 0.25) is 0 Å². The van der Waals surface area contributed by atoms with Crippen LogP contribution in [0.4, 0.5) is 0 Å². The van der Waals surface area contributed by atoms with Crippen molar-refractivity contribution in [3.63, 3.8) is 0 Å². The number of thioether (sulfide) groups is 1. The SMILES string of the molecule is O=C1CSC(=S)N1N=Cc1cn(-c2ccccc2)nc1-c1ccc2c(c1)OCCO2. The molecule has 3 aromatic rings. The average Bonchev–Trinajstić information content (AvgIpc) is 3.35. The Balaban J connectivity index is 1.57. The molecule has 30 heavy (non-hydrogen) atoms. The van der Waals surface area contributed by atoms with Crippen molar-refractivity contribution in [1.29, 1.82) is 0 Å². The highest BCUT2D eigenvalue weighted by Crippen LogP contribution is 2.35. The number of thiocarbonyl (C=S) groups is 1. The Bertz CT molecular complexity index is 1140. The first-order valence-electron chi connectivity index (χ1n) is 9.28. The zero-order valence-corrected chi connectivity index (χ0v) is 17.4. The molecule has 1 fully saturated rings. The number of carbonyl (C=O) groups is 1. The molecule has 7 nitrogen and oxygen atoms in total. The van der Waals surface area contributed by atoms with Crippen LogP contribution in [0.3, 0.4) is 0 Å². The van der Waals surface area contributed by atoms with Gasteiger partial charge in [0, 0.05) is 17.3 Å². The predicted octanol–water partition coefficient (Wildman–Crippen LogP) is 3.50. The Labute approximate surface area is 182 Å². The van der Waals surface area contributed by atoms with Gasteiger partial charge in [0.25, 0.3) is 5.91 Å². The molecule has 2 aromatic carbocycles. The summed E-state index contributed by atoms with van der Waals surface area (Å²) in [5.41, 5.74) is 3.24. The van der Waals surface area contributed by atoms with E-state index in [4.69, 9.17) is 26.8 Å². The van der Waals surface area contributed by atoms with Gasteiger partial charge in [-0.1, -0.05) is 42.2 Å². The fourth-order valence-electron chi connectivity index (χ4n) is 3.19. The van der Waals surface area contributed by atoms with Crippen LogP contribution in [-0.2, 0) is 4.79 Å². The third-order valence-corrected chi connectivity index (χ3v) is 5.96. The number of hydrogen-bond donors (Lipinski definition) is 0. The van der Waals surface area contributed by atoms with Gasteiger partial charge in [0.15, 0.2) is 15.8 Å². The third-order valence-electron chi connectivity index (χ3n) is 4.62. The summed E-state index contributed by atoms with van der Waals surface area (Å²) in [6, 6.07) is 15.5. The number of benzene rings is 2. The van der Waals surface area contributed by atoms with Crippen molar-refractivity contribution in [2.75, 3.05) is 19.0 Å². The van der Waals surface area contributed by atoms with Crippen LogP contribution in [0.15, 0.2) is 59.8 Å². The van der Waals surface area contributed by atoms with Gasteiger partial charge in [-0.25, -0.2) is 4.68 Å². The fraction of sp³-hybridized carbons (Fsp3) is 0.143. The van der Waals surface area contributed by atoms with Gasteiger partial charge >= 0.3 is 0 Å². The average molecular weight is 437 g/mol. The smallest absolute Gasteiger partial charge is 0.259 e. The number of hydrazone groups is 1. The number of fused-ring (bicyclic) bond motifs is 1. The summed E-state index contributed by atoms with van der Waals surface area (Å²) in [5.74, 6) is 1.59. The number of nitrogens with zero attached hydrogens (tertiary/aromatic N) is 4. The highest BCUT2D eigenvalue weighted by molar-refractivity contribution is 8.23. The molecule has 3 heterocycles. The molecular weight excluding hydrogens is 420 g/mol. The molecule has 1 saturated heterocycles. The molecule has 0 N–H and O–H groups in total. The minimum Gasteiger partial charge on any atom is -0.486 e. The van der Waals surface area contributed by atoms with Gasteiger partial charge in [-0.2, -0.15) is 15.2 Å². The lowest BCUT2D eigenvalue weighted by Crippen LogP contribution is -2.22. The Morgan fingerprint density at radius 2 is 1.90 bits per heavy atom. The minimum absolute atomic E-state index is 0.127. The van der Waals surface area contributed by atoms with Crippen LogP contribution in [-0.4, -0.2) is 50.2 Å². The minimum atomic E-state index is -0.127. The molecule has 150 valence electrons. The molecule has 0 atom stereocenters. The van der Waals surface area contributed by atoms with E-state index in [1.54, 1.807) is 10.9 Å². The molecule has 0 aliphatic carbocycles. The van der Waals surface area contributed by atoms with Gasteiger partial charge in [0.05, 0.1) is 17.7 Å². The maximum Gasteiger partial charge on any atom is 0.259 e. The van der Waals surface area contributed by atoms with Crippen LogP contribution < -0.4 is 9.47 Å². The number of rotatable bonds is 4. The van der Waals surface area contributed by atoms with Crippen molar-refractivity contribution >= 4 is 40.4 Å². The number of aromatic nitrogens is 2. The van der Waals surface area contributed by atoms with Crippen LogP contribution >= 0.6 is 24.0 Å². The standard InChI is InChI=1S/C21H16N4O3S2/c26-19-13-30-21(29)25(19)22-11-15-12-24(16-4-2-1-3-5-16)23-20(15)14-6-7-17-18(10-14)28-9-8-27-17/h1-7,10-12H,8-9,13H2. The molecule has 1 amide bonds. The summed E-state index contributed by atoms with van der Waals surface area (Å²) in [6.45, 7) is 1.05. The normalized spacial score (nSPS) is 15.9. The maximum atomic E-state index is 12.0. The lowest BCUT2D eigenvalue weighted by Gasteiger charge is -2.18. The molecule has 0 spiro atoms. The molecule has 5 rings (SSSR count). The van der Waals surface area contributed by atoms with E-state index in [9.17, 15) is 4.79 Å². The Hall–Kier alpha value is -3.17. The topological polar surface area (TPSA) is 69.0 Å².